The first kappa shape index (κ1) is 13.2. The summed E-state index contributed by atoms with van der Waals surface area (Å²) in [6.45, 7) is 7.82. The number of hydrogen-bond acceptors (Lipinski definition) is 4. The molecule has 1 aromatic heterocycles. The molecular formula is C16H14BN3O2. The van der Waals surface area contributed by atoms with Gasteiger partial charge in [0.15, 0.2) is 0 Å². The summed E-state index contributed by atoms with van der Waals surface area (Å²) in [5.41, 5.74) is 0.666. The van der Waals surface area contributed by atoms with E-state index >= 15 is 0 Å². The first-order valence-electron chi connectivity index (χ1n) is 6.97. The van der Waals surface area contributed by atoms with E-state index in [1.807, 2.05) is 30.4 Å². The Morgan fingerprint density at radius 2 is 2.23 bits per heavy atom. The van der Waals surface area contributed by atoms with Crippen molar-refractivity contribution in [3.63, 3.8) is 0 Å². The van der Waals surface area contributed by atoms with Gasteiger partial charge >= 0.3 is 7.12 Å². The summed E-state index contributed by atoms with van der Waals surface area (Å²) in [5.74, 6) is 0. The van der Waals surface area contributed by atoms with Gasteiger partial charge in [0.05, 0.1) is 11.7 Å². The molecule has 2 aromatic rings. The van der Waals surface area contributed by atoms with E-state index in [2.05, 4.69) is 23.4 Å². The second-order valence-electron chi connectivity index (χ2n) is 5.52. The Hall–Kier alpha value is -2.44. The molecule has 2 heterocycles. The number of nitrogens with one attached hydrogen (secondary N) is 2. The molecule has 2 N–H and O–H groups in total. The molecule has 2 aliphatic rings. The van der Waals surface area contributed by atoms with Crippen LogP contribution in [-0.2, 0) is 9.31 Å². The molecule has 0 radical (unpaired) electrons. The van der Waals surface area contributed by atoms with Gasteiger partial charge in [0.25, 0.3) is 0 Å². The van der Waals surface area contributed by atoms with Crippen LogP contribution in [0.4, 0.5) is 0 Å². The topological polar surface area (TPSA) is 71.0 Å². The van der Waals surface area contributed by atoms with E-state index in [0.717, 1.165) is 21.9 Å². The number of hydrogen-bond donors (Lipinski definition) is 2. The average molecular weight is 291 g/mol. The van der Waals surface area contributed by atoms with E-state index in [0.29, 0.717) is 0 Å². The zero-order valence-corrected chi connectivity index (χ0v) is 11.9. The summed E-state index contributed by atoms with van der Waals surface area (Å²) in [7, 11) is -0.603. The third kappa shape index (κ3) is 1.45. The molecule has 1 fully saturated rings. The predicted octanol–water partition coefficient (Wildman–Crippen LogP) is 1.74. The van der Waals surface area contributed by atoms with Crippen molar-refractivity contribution in [2.24, 2.45) is 0 Å². The van der Waals surface area contributed by atoms with Gasteiger partial charge in [-0.15, -0.1) is 0 Å². The van der Waals surface area contributed by atoms with Crippen LogP contribution in [-0.4, -0.2) is 34.7 Å². The lowest BCUT2D eigenvalue weighted by molar-refractivity contribution is 0.103. The van der Waals surface area contributed by atoms with Gasteiger partial charge in [-0.05, 0) is 23.2 Å². The fraction of sp³-hybridized carbons (Fsp3) is 0.125. The Bertz CT molecular complexity index is 827. The van der Waals surface area contributed by atoms with E-state index in [-0.39, 0.29) is 0 Å². The molecular weight excluding hydrogens is 277 g/mol. The van der Waals surface area contributed by atoms with E-state index in [4.69, 9.17) is 14.7 Å². The van der Waals surface area contributed by atoms with E-state index in [9.17, 15) is 0 Å². The van der Waals surface area contributed by atoms with E-state index < -0.39 is 18.3 Å². The van der Waals surface area contributed by atoms with Crippen LogP contribution in [0.2, 0.25) is 0 Å². The smallest absolute Gasteiger partial charge is 0.390 e. The van der Waals surface area contributed by atoms with Gasteiger partial charge in [0.2, 0.25) is 0 Å². The highest BCUT2D eigenvalue weighted by atomic mass is 16.7. The molecule has 1 aliphatic carbocycles. The van der Waals surface area contributed by atoms with Crippen LogP contribution >= 0.6 is 0 Å². The fourth-order valence-electron chi connectivity index (χ4n) is 3.04. The minimum Gasteiger partial charge on any atom is -0.390 e. The molecule has 2 atom stereocenters. The van der Waals surface area contributed by atoms with Crippen LogP contribution in [0, 0.1) is 5.41 Å². The molecule has 5 nitrogen and oxygen atoms in total. The van der Waals surface area contributed by atoms with Crippen molar-refractivity contribution in [3.05, 3.63) is 61.4 Å². The lowest BCUT2D eigenvalue weighted by Gasteiger charge is -2.43. The Morgan fingerprint density at radius 3 is 2.82 bits per heavy atom. The van der Waals surface area contributed by atoms with E-state index in [1.165, 1.54) is 6.21 Å². The molecule has 1 spiro atoms. The summed E-state index contributed by atoms with van der Waals surface area (Å²) >= 11 is 0. The molecule has 1 aliphatic heterocycles. The number of aromatic nitrogens is 2. The molecule has 0 bridgehead atoms. The Labute approximate surface area is 128 Å². The third-order valence-corrected chi connectivity index (χ3v) is 4.43. The summed E-state index contributed by atoms with van der Waals surface area (Å²) in [6.07, 6.45) is 8.33. The van der Waals surface area contributed by atoms with Gasteiger partial charge in [-0.25, -0.2) is 0 Å². The van der Waals surface area contributed by atoms with Gasteiger partial charge in [0, 0.05) is 11.6 Å². The number of benzene rings is 1. The van der Waals surface area contributed by atoms with Crippen LogP contribution in [0.1, 0.15) is 0 Å². The predicted molar refractivity (Wildman–Crippen MR) is 86.4 cm³/mol. The van der Waals surface area contributed by atoms with Crippen LogP contribution in [0.5, 0.6) is 0 Å². The maximum absolute atomic E-state index is 7.80. The van der Waals surface area contributed by atoms with E-state index in [1.54, 1.807) is 12.3 Å². The summed E-state index contributed by atoms with van der Waals surface area (Å²) in [4.78, 5) is 0. The highest BCUT2D eigenvalue weighted by Crippen LogP contribution is 2.48. The Morgan fingerprint density at radius 1 is 1.36 bits per heavy atom. The monoisotopic (exact) mass is 291 g/mol. The van der Waals surface area contributed by atoms with Crippen molar-refractivity contribution in [3.8, 4) is 0 Å². The molecule has 22 heavy (non-hydrogen) atoms. The van der Waals surface area contributed by atoms with Gasteiger partial charge < -0.3 is 14.7 Å². The highest BCUT2D eigenvalue weighted by molar-refractivity contribution is 6.62. The van der Waals surface area contributed by atoms with Crippen molar-refractivity contribution in [2.45, 2.75) is 11.2 Å². The number of aromatic amines is 1. The second-order valence-corrected chi connectivity index (χ2v) is 5.52. The van der Waals surface area contributed by atoms with Crippen LogP contribution < -0.4 is 5.46 Å². The number of fused-ring (bicyclic) bond motifs is 1. The van der Waals surface area contributed by atoms with Gasteiger partial charge in [-0.2, -0.15) is 5.10 Å². The van der Waals surface area contributed by atoms with Crippen molar-refractivity contribution in [1.29, 1.82) is 5.41 Å². The van der Waals surface area contributed by atoms with Crippen molar-refractivity contribution in [2.75, 3.05) is 0 Å². The Kier molecular flexibility index (Phi) is 2.58. The number of nitrogens with zero attached hydrogens (tertiary/aromatic N) is 1. The maximum atomic E-state index is 7.80. The maximum Gasteiger partial charge on any atom is 0.495 e. The van der Waals surface area contributed by atoms with Crippen molar-refractivity contribution in [1.82, 2.24) is 10.2 Å². The number of rotatable bonds is 3. The molecule has 4 rings (SSSR count). The zero-order valence-electron chi connectivity index (χ0n) is 11.9. The standard InChI is InChI=1S/C16H14BN3O2/c1-3-15(10-18)16(7-6-11(16)2)22-17(21-15)13-5-4-12-9-19-20-14(12)8-13/h3-10,18H,1-2H2,(H,19,20). The fourth-order valence-corrected chi connectivity index (χ4v) is 3.04. The summed E-state index contributed by atoms with van der Waals surface area (Å²) in [6, 6.07) is 5.83. The first-order valence-corrected chi connectivity index (χ1v) is 6.97. The molecule has 0 amide bonds. The second kappa shape index (κ2) is 4.28. The minimum atomic E-state index is -1.04. The van der Waals surface area contributed by atoms with Gasteiger partial charge in [-0.1, -0.05) is 37.4 Å². The van der Waals surface area contributed by atoms with Crippen molar-refractivity contribution >= 4 is 29.7 Å². The molecule has 108 valence electrons. The average Bonchev–Trinajstić information content (AvgIpc) is 3.16. The van der Waals surface area contributed by atoms with Crippen LogP contribution in [0.25, 0.3) is 10.9 Å². The molecule has 2 unspecified atom stereocenters. The van der Waals surface area contributed by atoms with Crippen molar-refractivity contribution < 1.29 is 9.31 Å². The SMILES string of the molecule is C=CC1(C=N)OB(c2ccc3cn[nH]c3c2)OC12C=CC2=C. The normalized spacial score (nSPS) is 30.0. The third-order valence-electron chi connectivity index (χ3n) is 4.43. The lowest BCUT2D eigenvalue weighted by atomic mass is 9.71. The minimum absolute atomic E-state index is 0.603. The summed E-state index contributed by atoms with van der Waals surface area (Å²) < 4.78 is 12.2. The van der Waals surface area contributed by atoms with Gasteiger partial charge in [-0.3, -0.25) is 5.10 Å². The van der Waals surface area contributed by atoms with Crippen LogP contribution in [0.3, 0.4) is 0 Å². The summed E-state index contributed by atoms with van der Waals surface area (Å²) in [5, 5.41) is 15.8. The quantitative estimate of drug-likeness (QED) is 0.514. The molecule has 6 heteroatoms. The lowest BCUT2D eigenvalue weighted by Crippen LogP contribution is -2.54. The largest absolute Gasteiger partial charge is 0.495 e. The highest BCUT2D eigenvalue weighted by Gasteiger charge is 2.62. The molecule has 1 aromatic carbocycles. The number of H-pyrrole nitrogens is 1. The zero-order chi connectivity index (χ0) is 15.4. The Balaban J connectivity index is 1.78. The van der Waals surface area contributed by atoms with Gasteiger partial charge in [0.1, 0.15) is 11.2 Å². The molecule has 1 saturated heterocycles. The van der Waals surface area contributed by atoms with Crippen LogP contribution in [0.15, 0.2) is 61.4 Å². The first-order chi connectivity index (χ1) is 10.6. The molecule has 0 saturated carbocycles.